The molecule has 3 rings (SSSR count). The van der Waals surface area contributed by atoms with Crippen LogP contribution in [-0.2, 0) is 6.54 Å². The molecule has 0 amide bonds. The molecule has 3 nitrogen and oxygen atoms in total. The van der Waals surface area contributed by atoms with Gasteiger partial charge in [-0.2, -0.15) is 0 Å². The molecule has 1 aliphatic heterocycles. The number of ether oxygens (including phenoxy) is 2. The summed E-state index contributed by atoms with van der Waals surface area (Å²) < 4.78 is 11.8. The fraction of sp³-hybridized carbons (Fsp3) is 0.538. The third kappa shape index (κ3) is 2.43. The van der Waals surface area contributed by atoms with E-state index >= 15 is 0 Å². The van der Waals surface area contributed by atoms with Crippen molar-refractivity contribution >= 4 is 15.9 Å². The van der Waals surface area contributed by atoms with Crippen LogP contribution in [0.5, 0.6) is 11.5 Å². The summed E-state index contributed by atoms with van der Waals surface area (Å²) in [6.45, 7) is 2.34. The highest BCUT2D eigenvalue weighted by Crippen LogP contribution is 2.36. The van der Waals surface area contributed by atoms with E-state index in [0.29, 0.717) is 6.79 Å². The second-order valence-electron chi connectivity index (χ2n) is 4.72. The molecule has 0 spiro atoms. The Morgan fingerprint density at radius 2 is 2.00 bits per heavy atom. The predicted molar refractivity (Wildman–Crippen MR) is 69.3 cm³/mol. The van der Waals surface area contributed by atoms with Gasteiger partial charge < -0.3 is 14.8 Å². The Morgan fingerprint density at radius 3 is 2.71 bits per heavy atom. The molecule has 0 atom stereocenters. The average Bonchev–Trinajstić information content (AvgIpc) is 2.68. The van der Waals surface area contributed by atoms with Gasteiger partial charge in [-0.15, -0.1) is 0 Å². The molecule has 92 valence electrons. The van der Waals surface area contributed by atoms with Crippen LogP contribution in [0, 0.1) is 5.92 Å². The molecule has 1 heterocycles. The Labute approximate surface area is 110 Å². The van der Waals surface area contributed by atoms with E-state index < -0.39 is 0 Å². The van der Waals surface area contributed by atoms with Crippen LogP contribution in [0.25, 0.3) is 0 Å². The Bertz CT molecular complexity index is 418. The molecule has 1 aromatic rings. The van der Waals surface area contributed by atoms with E-state index in [9.17, 15) is 0 Å². The zero-order valence-electron chi connectivity index (χ0n) is 9.67. The monoisotopic (exact) mass is 297 g/mol. The first-order chi connectivity index (χ1) is 8.33. The van der Waals surface area contributed by atoms with Gasteiger partial charge in [-0.25, -0.2) is 0 Å². The molecule has 1 fully saturated rings. The van der Waals surface area contributed by atoms with E-state index in [2.05, 4.69) is 27.3 Å². The summed E-state index contributed by atoms with van der Waals surface area (Å²) in [5, 5.41) is 3.51. The number of rotatable bonds is 4. The van der Waals surface area contributed by atoms with Gasteiger partial charge in [0.05, 0.1) is 0 Å². The smallest absolute Gasteiger partial charge is 0.231 e. The normalized spacial score (nSPS) is 18.2. The molecule has 17 heavy (non-hydrogen) atoms. The lowest BCUT2D eigenvalue weighted by Gasteiger charge is -2.25. The first-order valence-corrected chi connectivity index (χ1v) is 6.91. The van der Waals surface area contributed by atoms with Crippen LogP contribution < -0.4 is 14.8 Å². The Balaban J connectivity index is 1.61. The molecule has 4 heteroatoms. The summed E-state index contributed by atoms with van der Waals surface area (Å²) in [5.74, 6) is 2.58. The van der Waals surface area contributed by atoms with Gasteiger partial charge in [0.1, 0.15) is 0 Å². The van der Waals surface area contributed by atoms with E-state index in [4.69, 9.17) is 9.47 Å². The van der Waals surface area contributed by atoms with Crippen LogP contribution in [0.2, 0.25) is 0 Å². The van der Waals surface area contributed by atoms with Crippen molar-refractivity contribution in [1.82, 2.24) is 5.32 Å². The maximum atomic E-state index is 5.38. The summed E-state index contributed by atoms with van der Waals surface area (Å²) in [5.41, 5.74) is 1.23. The van der Waals surface area contributed by atoms with Crippen LogP contribution >= 0.6 is 15.9 Å². The number of nitrogens with one attached hydrogen (secondary N) is 1. The second kappa shape index (κ2) is 4.86. The number of halogens is 1. The van der Waals surface area contributed by atoms with E-state index in [0.717, 1.165) is 35.0 Å². The fourth-order valence-electron chi connectivity index (χ4n) is 2.20. The maximum Gasteiger partial charge on any atom is 0.231 e. The van der Waals surface area contributed by atoms with Crippen molar-refractivity contribution in [2.24, 2.45) is 5.92 Å². The number of hydrogen-bond donors (Lipinski definition) is 1. The van der Waals surface area contributed by atoms with Crippen LogP contribution in [0.3, 0.4) is 0 Å². The fourth-order valence-corrected chi connectivity index (χ4v) is 2.67. The van der Waals surface area contributed by atoms with Gasteiger partial charge in [0, 0.05) is 11.0 Å². The van der Waals surface area contributed by atoms with E-state index in [1.54, 1.807) is 0 Å². The van der Waals surface area contributed by atoms with Gasteiger partial charge in [-0.3, -0.25) is 0 Å². The van der Waals surface area contributed by atoms with E-state index in [-0.39, 0.29) is 0 Å². The van der Waals surface area contributed by atoms with Crippen molar-refractivity contribution in [2.45, 2.75) is 25.8 Å². The van der Waals surface area contributed by atoms with Crippen molar-refractivity contribution in [3.05, 3.63) is 22.2 Å². The predicted octanol–water partition coefficient (Wildman–Crippen LogP) is 3.07. The lowest BCUT2D eigenvalue weighted by Crippen LogP contribution is -2.26. The van der Waals surface area contributed by atoms with Gasteiger partial charge in [-0.05, 0) is 43.0 Å². The van der Waals surface area contributed by atoms with Crippen LogP contribution in [-0.4, -0.2) is 13.3 Å². The van der Waals surface area contributed by atoms with Crippen LogP contribution in [0.4, 0.5) is 0 Å². The molecule has 0 aromatic heterocycles. The Hall–Kier alpha value is -0.740. The van der Waals surface area contributed by atoms with E-state index in [1.165, 1.54) is 24.8 Å². The summed E-state index contributed by atoms with van der Waals surface area (Å²) in [4.78, 5) is 0. The highest BCUT2D eigenvalue weighted by atomic mass is 79.9. The highest BCUT2D eigenvalue weighted by molar-refractivity contribution is 9.10. The molecular formula is C13H16BrNO2. The van der Waals surface area contributed by atoms with E-state index in [1.807, 2.05) is 6.07 Å². The van der Waals surface area contributed by atoms with Gasteiger partial charge in [0.15, 0.2) is 11.5 Å². The molecule has 1 N–H and O–H groups in total. The molecule has 1 aliphatic carbocycles. The van der Waals surface area contributed by atoms with Crippen molar-refractivity contribution in [3.8, 4) is 11.5 Å². The largest absolute Gasteiger partial charge is 0.454 e. The summed E-state index contributed by atoms with van der Waals surface area (Å²) >= 11 is 3.57. The molecular weight excluding hydrogens is 282 g/mol. The van der Waals surface area contributed by atoms with Crippen molar-refractivity contribution in [2.75, 3.05) is 13.3 Å². The number of fused-ring (bicyclic) bond motifs is 1. The highest BCUT2D eigenvalue weighted by Gasteiger charge is 2.18. The third-order valence-corrected chi connectivity index (χ3v) is 4.25. The summed E-state index contributed by atoms with van der Waals surface area (Å²) in [6, 6.07) is 4.04. The van der Waals surface area contributed by atoms with Crippen LogP contribution in [0.15, 0.2) is 16.6 Å². The SMILES string of the molecule is Brc1cc2c(cc1CNCC1CCC1)OCO2. The summed E-state index contributed by atoms with van der Waals surface area (Å²) in [6.07, 6.45) is 4.17. The molecule has 0 bridgehead atoms. The maximum absolute atomic E-state index is 5.38. The van der Waals surface area contributed by atoms with Gasteiger partial charge in [0.25, 0.3) is 0 Å². The molecule has 2 aliphatic rings. The van der Waals surface area contributed by atoms with Crippen molar-refractivity contribution in [3.63, 3.8) is 0 Å². The number of benzene rings is 1. The van der Waals surface area contributed by atoms with Gasteiger partial charge >= 0.3 is 0 Å². The molecule has 0 radical (unpaired) electrons. The first-order valence-electron chi connectivity index (χ1n) is 6.11. The van der Waals surface area contributed by atoms with Gasteiger partial charge in [-0.1, -0.05) is 22.4 Å². The minimum atomic E-state index is 0.334. The lowest BCUT2D eigenvalue weighted by molar-refractivity contribution is 0.174. The van der Waals surface area contributed by atoms with Crippen LogP contribution in [0.1, 0.15) is 24.8 Å². The topological polar surface area (TPSA) is 30.5 Å². The molecule has 1 aromatic carbocycles. The Kier molecular flexibility index (Phi) is 3.25. The quantitative estimate of drug-likeness (QED) is 0.926. The number of hydrogen-bond acceptors (Lipinski definition) is 3. The van der Waals surface area contributed by atoms with Crippen molar-refractivity contribution in [1.29, 1.82) is 0 Å². The molecule has 0 unspecified atom stereocenters. The second-order valence-corrected chi connectivity index (χ2v) is 5.58. The minimum Gasteiger partial charge on any atom is -0.454 e. The Morgan fingerprint density at radius 1 is 1.24 bits per heavy atom. The lowest BCUT2D eigenvalue weighted by atomic mass is 9.85. The average molecular weight is 298 g/mol. The minimum absolute atomic E-state index is 0.334. The standard InChI is InChI=1S/C13H16BrNO2/c14-11-5-13-12(16-8-17-13)4-10(11)7-15-6-9-2-1-3-9/h4-5,9,15H,1-3,6-8H2. The molecule has 1 saturated carbocycles. The summed E-state index contributed by atoms with van der Waals surface area (Å²) in [7, 11) is 0. The zero-order valence-corrected chi connectivity index (χ0v) is 11.3. The van der Waals surface area contributed by atoms with Crippen molar-refractivity contribution < 1.29 is 9.47 Å². The first kappa shape index (κ1) is 11.4. The zero-order chi connectivity index (χ0) is 11.7. The third-order valence-electron chi connectivity index (χ3n) is 3.51. The molecule has 0 saturated heterocycles. The van der Waals surface area contributed by atoms with Gasteiger partial charge in [0.2, 0.25) is 6.79 Å².